The zero-order valence-electron chi connectivity index (χ0n) is 15.6. The van der Waals surface area contributed by atoms with Gasteiger partial charge in [0.15, 0.2) is 11.5 Å². The zero-order chi connectivity index (χ0) is 19.2. The number of aromatic nitrogens is 4. The molecule has 0 bridgehead atoms. The molecule has 2 aliphatic rings. The molecule has 1 saturated carbocycles. The standard InChI is InChI=1S/C21H18N4O4/c1-2-4-12(3-1)18-15-9-14(11-22-21(15)29-25-18)20-24-23-19(28-20)13-5-6-16-17(10-13)27-8-7-26-16/h5-6,9-12H,1-4,7-8H2. The number of rotatable bonds is 3. The van der Waals surface area contributed by atoms with Crippen molar-refractivity contribution in [1.82, 2.24) is 20.3 Å². The van der Waals surface area contributed by atoms with Crippen LogP contribution in [0.5, 0.6) is 11.5 Å². The summed E-state index contributed by atoms with van der Waals surface area (Å²) in [5, 5.41) is 13.6. The molecule has 146 valence electrons. The number of ether oxygens (including phenoxy) is 2. The quantitative estimate of drug-likeness (QED) is 0.509. The van der Waals surface area contributed by atoms with Crippen LogP contribution in [-0.4, -0.2) is 33.6 Å². The van der Waals surface area contributed by atoms with Gasteiger partial charge in [0.2, 0.25) is 11.8 Å². The van der Waals surface area contributed by atoms with Crippen molar-refractivity contribution in [3.8, 4) is 34.4 Å². The van der Waals surface area contributed by atoms with Crippen LogP contribution in [0.25, 0.3) is 34.0 Å². The fourth-order valence-corrected chi connectivity index (χ4v) is 4.09. The van der Waals surface area contributed by atoms with Gasteiger partial charge in [-0.05, 0) is 37.1 Å². The normalized spacial score (nSPS) is 16.6. The Morgan fingerprint density at radius 2 is 1.66 bits per heavy atom. The van der Waals surface area contributed by atoms with E-state index in [1.807, 2.05) is 24.3 Å². The van der Waals surface area contributed by atoms with Gasteiger partial charge in [0.05, 0.1) is 16.6 Å². The lowest BCUT2D eigenvalue weighted by atomic mass is 10.0. The SMILES string of the molecule is c1cc2c(cc1-c1nnc(-c3cnc4onc(C5CCCC5)c4c3)o1)OCCO2. The summed E-state index contributed by atoms with van der Waals surface area (Å²) in [4.78, 5) is 4.40. The van der Waals surface area contributed by atoms with Crippen LogP contribution in [0.2, 0.25) is 0 Å². The molecule has 6 rings (SSSR count). The number of hydrogen-bond acceptors (Lipinski definition) is 8. The Bertz CT molecular complexity index is 1190. The predicted octanol–water partition coefficient (Wildman–Crippen LogP) is 4.37. The van der Waals surface area contributed by atoms with Crippen molar-refractivity contribution >= 4 is 11.1 Å². The molecule has 3 aromatic heterocycles. The summed E-state index contributed by atoms with van der Waals surface area (Å²) < 4.78 is 22.6. The van der Waals surface area contributed by atoms with Crippen molar-refractivity contribution in [2.45, 2.75) is 31.6 Å². The number of pyridine rings is 1. The minimum absolute atomic E-state index is 0.405. The fraction of sp³-hybridized carbons (Fsp3) is 0.333. The molecule has 1 aromatic carbocycles. The van der Waals surface area contributed by atoms with Gasteiger partial charge in [-0.25, -0.2) is 4.98 Å². The lowest BCUT2D eigenvalue weighted by Gasteiger charge is -2.18. The predicted molar refractivity (Wildman–Crippen MR) is 103 cm³/mol. The van der Waals surface area contributed by atoms with Crippen LogP contribution in [-0.2, 0) is 0 Å². The first-order chi connectivity index (χ1) is 14.3. The molecule has 8 heteroatoms. The summed E-state index contributed by atoms with van der Waals surface area (Å²) in [5.41, 5.74) is 3.05. The third-order valence-corrected chi connectivity index (χ3v) is 5.56. The molecule has 0 saturated heterocycles. The minimum atomic E-state index is 0.405. The molecule has 29 heavy (non-hydrogen) atoms. The second-order valence-corrected chi connectivity index (χ2v) is 7.40. The molecule has 4 aromatic rings. The van der Waals surface area contributed by atoms with Crippen LogP contribution in [0.15, 0.2) is 39.4 Å². The summed E-state index contributed by atoms with van der Waals surface area (Å²) in [7, 11) is 0. The van der Waals surface area contributed by atoms with Gasteiger partial charge < -0.3 is 18.4 Å². The van der Waals surface area contributed by atoms with Gasteiger partial charge in [0.25, 0.3) is 5.71 Å². The monoisotopic (exact) mass is 390 g/mol. The van der Waals surface area contributed by atoms with Gasteiger partial charge in [-0.2, -0.15) is 0 Å². The highest BCUT2D eigenvalue weighted by Crippen LogP contribution is 2.38. The first-order valence-corrected chi connectivity index (χ1v) is 9.84. The molecule has 0 radical (unpaired) electrons. The van der Waals surface area contributed by atoms with Gasteiger partial charge in [-0.15, -0.1) is 10.2 Å². The van der Waals surface area contributed by atoms with Gasteiger partial charge in [-0.3, -0.25) is 0 Å². The molecular formula is C21H18N4O4. The summed E-state index contributed by atoms with van der Waals surface area (Å²) in [6.45, 7) is 1.08. The van der Waals surface area contributed by atoms with Crippen molar-refractivity contribution in [2.75, 3.05) is 13.2 Å². The lowest BCUT2D eigenvalue weighted by molar-refractivity contribution is 0.171. The van der Waals surface area contributed by atoms with Crippen LogP contribution in [0.1, 0.15) is 37.3 Å². The maximum Gasteiger partial charge on any atom is 0.257 e. The van der Waals surface area contributed by atoms with E-state index < -0.39 is 0 Å². The van der Waals surface area contributed by atoms with E-state index in [2.05, 4.69) is 20.3 Å². The third-order valence-electron chi connectivity index (χ3n) is 5.56. The zero-order valence-corrected chi connectivity index (χ0v) is 15.6. The van der Waals surface area contributed by atoms with E-state index in [-0.39, 0.29) is 0 Å². The van der Waals surface area contributed by atoms with Crippen molar-refractivity contribution in [2.24, 2.45) is 0 Å². The number of nitrogens with zero attached hydrogens (tertiary/aromatic N) is 4. The van der Waals surface area contributed by atoms with E-state index in [0.29, 0.717) is 42.4 Å². The minimum Gasteiger partial charge on any atom is -0.486 e. The van der Waals surface area contributed by atoms with Gasteiger partial charge in [-0.1, -0.05) is 18.0 Å². The van der Waals surface area contributed by atoms with E-state index >= 15 is 0 Å². The highest BCUT2D eigenvalue weighted by Gasteiger charge is 2.24. The van der Waals surface area contributed by atoms with E-state index in [1.165, 1.54) is 12.8 Å². The van der Waals surface area contributed by atoms with Gasteiger partial charge >= 0.3 is 0 Å². The summed E-state index contributed by atoms with van der Waals surface area (Å²) in [6.07, 6.45) is 6.41. The van der Waals surface area contributed by atoms with E-state index in [9.17, 15) is 0 Å². The van der Waals surface area contributed by atoms with Crippen LogP contribution in [0.3, 0.4) is 0 Å². The molecule has 0 N–H and O–H groups in total. The van der Waals surface area contributed by atoms with E-state index in [0.717, 1.165) is 40.8 Å². The average molecular weight is 390 g/mol. The molecule has 1 fully saturated rings. The van der Waals surface area contributed by atoms with E-state index in [4.69, 9.17) is 18.4 Å². The Labute approximate surface area is 165 Å². The second-order valence-electron chi connectivity index (χ2n) is 7.40. The van der Waals surface area contributed by atoms with Crippen LogP contribution < -0.4 is 9.47 Å². The summed E-state index contributed by atoms with van der Waals surface area (Å²) >= 11 is 0. The molecule has 1 aliphatic heterocycles. The summed E-state index contributed by atoms with van der Waals surface area (Å²) in [5.74, 6) is 2.66. The highest BCUT2D eigenvalue weighted by molar-refractivity contribution is 5.80. The maximum absolute atomic E-state index is 5.93. The Morgan fingerprint density at radius 3 is 2.52 bits per heavy atom. The Kier molecular flexibility index (Phi) is 3.75. The highest BCUT2D eigenvalue weighted by atomic mass is 16.6. The van der Waals surface area contributed by atoms with E-state index in [1.54, 1.807) is 6.20 Å². The maximum atomic E-state index is 5.93. The summed E-state index contributed by atoms with van der Waals surface area (Å²) in [6, 6.07) is 7.57. The fourth-order valence-electron chi connectivity index (χ4n) is 4.09. The molecule has 0 unspecified atom stereocenters. The number of fused-ring (bicyclic) bond motifs is 2. The third kappa shape index (κ3) is 2.83. The van der Waals surface area contributed by atoms with Crippen LogP contribution in [0.4, 0.5) is 0 Å². The number of benzene rings is 1. The number of hydrogen-bond donors (Lipinski definition) is 0. The Hall–Kier alpha value is -3.42. The van der Waals surface area contributed by atoms with Crippen LogP contribution >= 0.6 is 0 Å². The average Bonchev–Trinajstić information content (AvgIpc) is 3.53. The molecule has 1 aliphatic carbocycles. The first-order valence-electron chi connectivity index (χ1n) is 9.84. The topological polar surface area (TPSA) is 96.3 Å². The molecule has 0 amide bonds. The van der Waals surface area contributed by atoms with Crippen molar-refractivity contribution in [1.29, 1.82) is 0 Å². The molecule has 0 atom stereocenters. The Balaban J connectivity index is 1.35. The molecule has 8 nitrogen and oxygen atoms in total. The molecule has 0 spiro atoms. The van der Waals surface area contributed by atoms with Crippen molar-refractivity contribution in [3.05, 3.63) is 36.2 Å². The van der Waals surface area contributed by atoms with Gasteiger partial charge in [0.1, 0.15) is 13.2 Å². The Morgan fingerprint density at radius 1 is 0.862 bits per heavy atom. The second kappa shape index (κ2) is 6.58. The molecule has 4 heterocycles. The lowest BCUT2D eigenvalue weighted by Crippen LogP contribution is -2.15. The van der Waals surface area contributed by atoms with Gasteiger partial charge in [0, 0.05) is 17.7 Å². The van der Waals surface area contributed by atoms with Crippen molar-refractivity contribution in [3.63, 3.8) is 0 Å². The largest absolute Gasteiger partial charge is 0.486 e. The van der Waals surface area contributed by atoms with Crippen molar-refractivity contribution < 1.29 is 18.4 Å². The smallest absolute Gasteiger partial charge is 0.257 e. The first kappa shape index (κ1) is 16.5. The molecular weight excluding hydrogens is 372 g/mol. The van der Waals surface area contributed by atoms with Crippen LogP contribution in [0, 0.1) is 0 Å².